The van der Waals surface area contributed by atoms with Crippen LogP contribution in [0.3, 0.4) is 0 Å². The average molecular weight is 371 g/mol. The first-order valence-electron chi connectivity index (χ1n) is 9.95. The van der Waals surface area contributed by atoms with E-state index in [1.165, 1.54) is 32.1 Å². The molecule has 0 unspecified atom stereocenters. The van der Waals surface area contributed by atoms with Crippen LogP contribution in [0.4, 0.5) is 13.2 Å². The van der Waals surface area contributed by atoms with Gasteiger partial charge in [0.05, 0.1) is 5.56 Å². The summed E-state index contributed by atoms with van der Waals surface area (Å²) in [6.45, 7) is 5.23. The zero-order chi connectivity index (χ0) is 19.4. The van der Waals surface area contributed by atoms with E-state index >= 15 is 0 Å². The van der Waals surface area contributed by atoms with Gasteiger partial charge >= 0.3 is 0 Å². The maximum atomic E-state index is 13.9. The Labute approximate surface area is 155 Å². The van der Waals surface area contributed by atoms with Gasteiger partial charge in [0.2, 0.25) is 0 Å². The van der Waals surface area contributed by atoms with E-state index in [0.29, 0.717) is 13.1 Å². The van der Waals surface area contributed by atoms with Crippen LogP contribution in [0.2, 0.25) is 0 Å². The lowest BCUT2D eigenvalue weighted by molar-refractivity contribution is 0.0744. The molecule has 0 saturated carbocycles. The van der Waals surface area contributed by atoms with Crippen molar-refractivity contribution in [2.24, 2.45) is 0 Å². The fourth-order valence-electron chi connectivity index (χ4n) is 2.96. The number of carbonyl (C=O) groups excluding carboxylic acids is 1. The van der Waals surface area contributed by atoms with E-state index in [1.807, 2.05) is 6.92 Å². The molecule has 0 aliphatic heterocycles. The highest BCUT2D eigenvalue weighted by atomic mass is 19.2. The highest BCUT2D eigenvalue weighted by Gasteiger charge is 2.22. The standard InChI is InChI=1S/C21H32F3NO/c1-3-5-7-8-9-10-11-12-16-25(15-6-4-2)21(26)17-13-14-18(22)20(24)19(17)23/h13-14H,3-12,15-16H2,1-2H3. The average Bonchev–Trinajstić information content (AvgIpc) is 2.64. The normalized spacial score (nSPS) is 11.0. The van der Waals surface area contributed by atoms with Crippen LogP contribution in [0.1, 0.15) is 88.4 Å². The molecule has 0 N–H and O–H groups in total. The smallest absolute Gasteiger partial charge is 0.256 e. The second kappa shape index (κ2) is 12.8. The number of hydrogen-bond donors (Lipinski definition) is 0. The van der Waals surface area contributed by atoms with Gasteiger partial charge in [-0.05, 0) is 25.0 Å². The van der Waals surface area contributed by atoms with Crippen molar-refractivity contribution in [2.75, 3.05) is 13.1 Å². The molecule has 1 aromatic rings. The number of halogens is 3. The van der Waals surface area contributed by atoms with Crippen LogP contribution in [-0.2, 0) is 0 Å². The summed E-state index contributed by atoms with van der Waals surface area (Å²) in [5, 5.41) is 0. The molecular weight excluding hydrogens is 339 g/mol. The number of hydrogen-bond acceptors (Lipinski definition) is 1. The molecule has 26 heavy (non-hydrogen) atoms. The molecule has 148 valence electrons. The number of carbonyl (C=O) groups is 1. The largest absolute Gasteiger partial charge is 0.339 e. The maximum absolute atomic E-state index is 13.9. The van der Waals surface area contributed by atoms with Gasteiger partial charge in [0.15, 0.2) is 17.5 Å². The summed E-state index contributed by atoms with van der Waals surface area (Å²) in [4.78, 5) is 14.1. The molecule has 0 fully saturated rings. The lowest BCUT2D eigenvalue weighted by atomic mass is 10.1. The molecule has 0 atom stereocenters. The van der Waals surface area contributed by atoms with Crippen molar-refractivity contribution in [1.82, 2.24) is 4.90 Å². The molecule has 0 bridgehead atoms. The summed E-state index contributed by atoms with van der Waals surface area (Å²) in [5.74, 6) is -4.81. The molecule has 1 amide bonds. The van der Waals surface area contributed by atoms with Gasteiger partial charge in [0, 0.05) is 13.1 Å². The second-order valence-corrected chi connectivity index (χ2v) is 6.84. The third-order valence-corrected chi connectivity index (χ3v) is 4.62. The highest BCUT2D eigenvalue weighted by molar-refractivity contribution is 5.94. The number of amides is 1. The zero-order valence-corrected chi connectivity index (χ0v) is 16.1. The third kappa shape index (κ3) is 7.38. The van der Waals surface area contributed by atoms with Crippen LogP contribution in [0.25, 0.3) is 0 Å². The van der Waals surface area contributed by atoms with Crippen molar-refractivity contribution in [3.8, 4) is 0 Å². The van der Waals surface area contributed by atoms with Gasteiger partial charge in [-0.3, -0.25) is 4.79 Å². The molecular formula is C21H32F3NO. The van der Waals surface area contributed by atoms with Crippen molar-refractivity contribution >= 4 is 5.91 Å². The first kappa shape index (κ1) is 22.5. The van der Waals surface area contributed by atoms with E-state index in [-0.39, 0.29) is 5.56 Å². The molecule has 0 saturated heterocycles. The predicted octanol–water partition coefficient (Wildman–Crippen LogP) is 6.49. The zero-order valence-electron chi connectivity index (χ0n) is 16.1. The van der Waals surface area contributed by atoms with E-state index in [2.05, 4.69) is 6.92 Å². The molecule has 2 nitrogen and oxygen atoms in total. The van der Waals surface area contributed by atoms with Gasteiger partial charge in [0.25, 0.3) is 5.91 Å². The molecule has 0 spiro atoms. The van der Waals surface area contributed by atoms with E-state index in [0.717, 1.165) is 44.2 Å². The van der Waals surface area contributed by atoms with Crippen LogP contribution in [0.15, 0.2) is 12.1 Å². The Morgan fingerprint density at radius 1 is 0.769 bits per heavy atom. The van der Waals surface area contributed by atoms with Gasteiger partial charge in [0.1, 0.15) is 0 Å². The summed E-state index contributed by atoms with van der Waals surface area (Å²) in [7, 11) is 0. The predicted molar refractivity (Wildman–Crippen MR) is 99.7 cm³/mol. The van der Waals surface area contributed by atoms with E-state index in [4.69, 9.17) is 0 Å². The SMILES string of the molecule is CCCCCCCCCCN(CCCC)C(=O)c1ccc(F)c(F)c1F. The van der Waals surface area contributed by atoms with Crippen molar-refractivity contribution in [1.29, 1.82) is 0 Å². The Balaban J connectivity index is 2.55. The second-order valence-electron chi connectivity index (χ2n) is 6.84. The molecule has 0 radical (unpaired) electrons. The molecule has 0 heterocycles. The van der Waals surface area contributed by atoms with Gasteiger partial charge in [-0.15, -0.1) is 0 Å². The summed E-state index contributed by atoms with van der Waals surface area (Å²) < 4.78 is 40.4. The minimum Gasteiger partial charge on any atom is -0.339 e. The van der Waals surface area contributed by atoms with Crippen LogP contribution in [-0.4, -0.2) is 23.9 Å². The van der Waals surface area contributed by atoms with E-state index in [1.54, 1.807) is 4.90 Å². The first-order valence-corrected chi connectivity index (χ1v) is 9.95. The molecule has 5 heteroatoms. The van der Waals surface area contributed by atoms with E-state index in [9.17, 15) is 18.0 Å². The van der Waals surface area contributed by atoms with E-state index < -0.39 is 23.4 Å². The quantitative estimate of drug-likeness (QED) is 0.287. The number of rotatable bonds is 13. The Kier molecular flexibility index (Phi) is 11.1. The van der Waals surface area contributed by atoms with Crippen LogP contribution in [0, 0.1) is 17.5 Å². The molecule has 1 rings (SSSR count). The highest BCUT2D eigenvalue weighted by Crippen LogP contribution is 2.18. The van der Waals surface area contributed by atoms with Crippen LogP contribution >= 0.6 is 0 Å². The monoisotopic (exact) mass is 371 g/mol. The summed E-state index contributed by atoms with van der Waals surface area (Å²) in [6, 6.07) is 1.84. The number of unbranched alkanes of at least 4 members (excludes halogenated alkanes) is 8. The van der Waals surface area contributed by atoms with Crippen molar-refractivity contribution in [2.45, 2.75) is 78.1 Å². The van der Waals surface area contributed by atoms with Crippen molar-refractivity contribution in [3.63, 3.8) is 0 Å². The fraction of sp³-hybridized carbons (Fsp3) is 0.667. The Morgan fingerprint density at radius 2 is 1.31 bits per heavy atom. The Morgan fingerprint density at radius 3 is 1.92 bits per heavy atom. The van der Waals surface area contributed by atoms with Crippen LogP contribution in [0.5, 0.6) is 0 Å². The van der Waals surface area contributed by atoms with Gasteiger partial charge in [-0.2, -0.15) is 0 Å². The molecule has 0 aliphatic rings. The molecule has 1 aromatic carbocycles. The first-order chi connectivity index (χ1) is 12.5. The Hall–Kier alpha value is -1.52. The van der Waals surface area contributed by atoms with Gasteiger partial charge < -0.3 is 4.90 Å². The van der Waals surface area contributed by atoms with Crippen molar-refractivity contribution < 1.29 is 18.0 Å². The maximum Gasteiger partial charge on any atom is 0.256 e. The minimum absolute atomic E-state index is 0.389. The fourth-order valence-corrected chi connectivity index (χ4v) is 2.96. The van der Waals surface area contributed by atoms with Crippen molar-refractivity contribution in [3.05, 3.63) is 35.1 Å². The summed E-state index contributed by atoms with van der Waals surface area (Å²) in [5.41, 5.74) is -0.389. The van der Waals surface area contributed by atoms with Gasteiger partial charge in [-0.25, -0.2) is 13.2 Å². The summed E-state index contributed by atoms with van der Waals surface area (Å²) >= 11 is 0. The van der Waals surface area contributed by atoms with Crippen LogP contribution < -0.4 is 0 Å². The molecule has 0 aliphatic carbocycles. The Bertz CT molecular complexity index is 548. The number of benzene rings is 1. The third-order valence-electron chi connectivity index (χ3n) is 4.62. The minimum atomic E-state index is -1.58. The number of nitrogens with zero attached hydrogens (tertiary/aromatic N) is 1. The lowest BCUT2D eigenvalue weighted by Crippen LogP contribution is -2.33. The summed E-state index contributed by atoms with van der Waals surface area (Å²) in [6.07, 6.45) is 10.9. The lowest BCUT2D eigenvalue weighted by Gasteiger charge is -2.23. The molecule has 0 aromatic heterocycles. The van der Waals surface area contributed by atoms with Gasteiger partial charge in [-0.1, -0.05) is 65.2 Å². The topological polar surface area (TPSA) is 20.3 Å².